The van der Waals surface area contributed by atoms with Gasteiger partial charge in [-0.05, 0) is 31.4 Å². The molecule has 0 spiro atoms. The number of hydrogen-bond donors (Lipinski definition) is 0. The van der Waals surface area contributed by atoms with Crippen LogP contribution in [0, 0.1) is 17.0 Å². The number of aryl methyl sites for hydroxylation is 2. The van der Waals surface area contributed by atoms with E-state index >= 15 is 0 Å². The van der Waals surface area contributed by atoms with Crippen LogP contribution < -0.4 is 0 Å². The summed E-state index contributed by atoms with van der Waals surface area (Å²) in [5, 5.41) is 12.5. The molecule has 0 aliphatic carbocycles. The van der Waals surface area contributed by atoms with E-state index < -0.39 is 4.92 Å². The van der Waals surface area contributed by atoms with E-state index in [2.05, 4.69) is 4.98 Å². The van der Waals surface area contributed by atoms with Crippen molar-refractivity contribution in [2.75, 3.05) is 6.61 Å². The number of carbonyl (C=O) groups excluding carboxylic acids is 1. The molecule has 0 radical (unpaired) electrons. The lowest BCUT2D eigenvalue weighted by molar-refractivity contribution is -0.384. The Morgan fingerprint density at radius 2 is 2.14 bits per heavy atom. The van der Waals surface area contributed by atoms with E-state index in [0.29, 0.717) is 13.0 Å². The molecule has 110 valence electrons. The minimum atomic E-state index is -0.423. The number of nitrogens with zero attached hydrogens (tertiary/aromatic N) is 2. The zero-order chi connectivity index (χ0) is 15.4. The molecule has 0 N–H and O–H groups in total. The van der Waals surface area contributed by atoms with Gasteiger partial charge < -0.3 is 4.74 Å². The topological polar surface area (TPSA) is 82.3 Å². The van der Waals surface area contributed by atoms with E-state index in [-0.39, 0.29) is 18.1 Å². The van der Waals surface area contributed by atoms with Gasteiger partial charge in [-0.25, -0.2) is 0 Å². The molecule has 2 rings (SSSR count). The van der Waals surface area contributed by atoms with Crippen molar-refractivity contribution >= 4 is 22.4 Å². The summed E-state index contributed by atoms with van der Waals surface area (Å²) in [7, 11) is 0. The van der Waals surface area contributed by atoms with Gasteiger partial charge in [-0.3, -0.25) is 19.9 Å². The molecular weight excluding hydrogens is 272 g/mol. The third-order valence-electron chi connectivity index (χ3n) is 3.16. The molecule has 0 fully saturated rings. The predicted molar refractivity (Wildman–Crippen MR) is 78.1 cm³/mol. The molecule has 0 atom stereocenters. The minimum Gasteiger partial charge on any atom is -0.466 e. The summed E-state index contributed by atoms with van der Waals surface area (Å²) in [6.07, 6.45) is 0.707. The second kappa shape index (κ2) is 6.30. The van der Waals surface area contributed by atoms with E-state index in [1.54, 1.807) is 19.1 Å². The number of aromatic nitrogens is 1. The Balaban J connectivity index is 2.29. The van der Waals surface area contributed by atoms with Crippen LogP contribution in [0.3, 0.4) is 0 Å². The van der Waals surface area contributed by atoms with Crippen LogP contribution in [0.1, 0.15) is 24.7 Å². The molecule has 6 heteroatoms. The van der Waals surface area contributed by atoms with Gasteiger partial charge >= 0.3 is 5.97 Å². The van der Waals surface area contributed by atoms with Crippen molar-refractivity contribution in [3.8, 4) is 0 Å². The first-order chi connectivity index (χ1) is 10.0. The van der Waals surface area contributed by atoms with E-state index in [0.717, 1.165) is 22.2 Å². The Morgan fingerprint density at radius 3 is 2.81 bits per heavy atom. The summed E-state index contributed by atoms with van der Waals surface area (Å²) in [5.41, 5.74) is 1.57. The molecule has 0 amide bonds. The molecule has 1 aromatic carbocycles. The zero-order valence-electron chi connectivity index (χ0n) is 12.0. The van der Waals surface area contributed by atoms with E-state index in [1.807, 2.05) is 6.92 Å². The second-order valence-corrected chi connectivity index (χ2v) is 4.67. The summed E-state index contributed by atoms with van der Waals surface area (Å²) < 4.78 is 4.88. The summed E-state index contributed by atoms with van der Waals surface area (Å²) in [5.74, 6) is -0.268. The number of nitro groups is 1. The van der Waals surface area contributed by atoms with Crippen LogP contribution >= 0.6 is 0 Å². The van der Waals surface area contributed by atoms with E-state index in [4.69, 9.17) is 4.74 Å². The molecule has 1 aromatic heterocycles. The Bertz CT molecular complexity index is 697. The highest BCUT2D eigenvalue weighted by Crippen LogP contribution is 2.23. The Labute approximate surface area is 121 Å². The average molecular weight is 288 g/mol. The molecule has 0 aliphatic rings. The normalized spacial score (nSPS) is 10.6. The maximum absolute atomic E-state index is 11.4. The van der Waals surface area contributed by atoms with Crippen LogP contribution in [0.15, 0.2) is 24.3 Å². The van der Waals surface area contributed by atoms with Crippen molar-refractivity contribution < 1.29 is 14.5 Å². The fourth-order valence-corrected chi connectivity index (χ4v) is 2.19. The van der Waals surface area contributed by atoms with E-state index in [1.165, 1.54) is 12.1 Å². The maximum atomic E-state index is 11.4. The first-order valence-electron chi connectivity index (χ1n) is 6.71. The van der Waals surface area contributed by atoms with Gasteiger partial charge in [0, 0.05) is 35.3 Å². The highest BCUT2D eigenvalue weighted by atomic mass is 16.6. The van der Waals surface area contributed by atoms with Crippen molar-refractivity contribution in [2.45, 2.75) is 26.7 Å². The van der Waals surface area contributed by atoms with Crippen molar-refractivity contribution in [1.82, 2.24) is 4.98 Å². The third kappa shape index (κ3) is 3.53. The van der Waals surface area contributed by atoms with Gasteiger partial charge in [0.05, 0.1) is 18.0 Å². The van der Waals surface area contributed by atoms with Crippen molar-refractivity contribution in [2.24, 2.45) is 0 Å². The number of ether oxygens (including phenoxy) is 1. The van der Waals surface area contributed by atoms with Gasteiger partial charge in [0.1, 0.15) is 0 Å². The second-order valence-electron chi connectivity index (χ2n) is 4.67. The fraction of sp³-hybridized carbons (Fsp3) is 0.333. The predicted octanol–water partition coefficient (Wildman–Crippen LogP) is 2.95. The van der Waals surface area contributed by atoms with Gasteiger partial charge in [0.25, 0.3) is 5.69 Å². The Kier molecular flexibility index (Phi) is 4.47. The van der Waals surface area contributed by atoms with Gasteiger partial charge in [-0.15, -0.1) is 0 Å². The number of carbonyl (C=O) groups is 1. The summed E-state index contributed by atoms with van der Waals surface area (Å²) >= 11 is 0. The number of nitro benzene ring substituents is 1. The molecule has 0 aliphatic heterocycles. The van der Waals surface area contributed by atoms with Gasteiger partial charge in [-0.2, -0.15) is 0 Å². The smallest absolute Gasteiger partial charge is 0.306 e. The van der Waals surface area contributed by atoms with E-state index in [9.17, 15) is 14.9 Å². The summed E-state index contributed by atoms with van der Waals surface area (Å²) in [6.45, 7) is 3.96. The third-order valence-corrected chi connectivity index (χ3v) is 3.16. The van der Waals surface area contributed by atoms with Gasteiger partial charge in [0.15, 0.2) is 0 Å². The zero-order valence-corrected chi connectivity index (χ0v) is 12.0. The molecule has 2 aromatic rings. The molecule has 21 heavy (non-hydrogen) atoms. The molecule has 0 saturated heterocycles. The van der Waals surface area contributed by atoms with Crippen LogP contribution in [0.2, 0.25) is 0 Å². The summed E-state index contributed by atoms with van der Waals surface area (Å²) in [6, 6.07) is 6.48. The molecule has 0 saturated carbocycles. The number of hydrogen-bond acceptors (Lipinski definition) is 5. The monoisotopic (exact) mass is 288 g/mol. The largest absolute Gasteiger partial charge is 0.466 e. The number of fused-ring (bicyclic) bond motifs is 1. The first-order valence-corrected chi connectivity index (χ1v) is 6.71. The van der Waals surface area contributed by atoms with Crippen molar-refractivity contribution in [3.63, 3.8) is 0 Å². The number of non-ortho nitro benzene ring substituents is 1. The van der Waals surface area contributed by atoms with Crippen LogP contribution in [-0.2, 0) is 16.0 Å². The van der Waals surface area contributed by atoms with Gasteiger partial charge in [0.2, 0.25) is 0 Å². The minimum absolute atomic E-state index is 0.0458. The Hall–Kier alpha value is -2.50. The fourth-order valence-electron chi connectivity index (χ4n) is 2.19. The van der Waals surface area contributed by atoms with Crippen LogP contribution in [0.4, 0.5) is 5.69 Å². The number of pyridine rings is 1. The SMILES string of the molecule is CCOC(=O)CCc1cc2cc([N+](=O)[O-])ccc2c(C)n1. The van der Waals surface area contributed by atoms with Crippen LogP contribution in [0.5, 0.6) is 0 Å². The van der Waals surface area contributed by atoms with Crippen molar-refractivity contribution in [3.05, 3.63) is 45.8 Å². The lowest BCUT2D eigenvalue weighted by Crippen LogP contribution is -2.06. The molecular formula is C15H16N2O4. The molecule has 0 bridgehead atoms. The lowest BCUT2D eigenvalue weighted by Gasteiger charge is -2.06. The Morgan fingerprint density at radius 1 is 1.38 bits per heavy atom. The average Bonchev–Trinajstić information content (AvgIpc) is 2.45. The quantitative estimate of drug-likeness (QED) is 0.480. The number of rotatable bonds is 5. The highest BCUT2D eigenvalue weighted by Gasteiger charge is 2.10. The standard InChI is InChI=1S/C15H16N2O4/c1-3-21-15(18)7-4-12-8-11-9-13(17(19)20)5-6-14(11)10(2)16-12/h5-6,8-9H,3-4,7H2,1-2H3. The lowest BCUT2D eigenvalue weighted by atomic mass is 10.1. The molecule has 1 heterocycles. The summed E-state index contributed by atoms with van der Waals surface area (Å²) in [4.78, 5) is 26.2. The molecule has 0 unspecified atom stereocenters. The van der Waals surface area contributed by atoms with Gasteiger partial charge in [-0.1, -0.05) is 0 Å². The highest BCUT2D eigenvalue weighted by molar-refractivity contribution is 5.86. The first kappa shape index (κ1) is 14.9. The van der Waals surface area contributed by atoms with Crippen LogP contribution in [-0.4, -0.2) is 22.5 Å². The maximum Gasteiger partial charge on any atom is 0.306 e. The van der Waals surface area contributed by atoms with Crippen molar-refractivity contribution in [1.29, 1.82) is 0 Å². The van der Waals surface area contributed by atoms with Crippen LogP contribution in [0.25, 0.3) is 10.8 Å². The number of esters is 1. The molecule has 6 nitrogen and oxygen atoms in total. The number of benzene rings is 1.